The van der Waals surface area contributed by atoms with E-state index in [9.17, 15) is 4.79 Å². The fourth-order valence-electron chi connectivity index (χ4n) is 5.17. The molecule has 166 valence electrons. The molecule has 1 fully saturated rings. The molecule has 2 aliphatic heterocycles. The Morgan fingerprint density at radius 3 is 2.88 bits per heavy atom. The molecule has 1 N–H and O–H groups in total. The first-order chi connectivity index (χ1) is 15.5. The molecule has 2 aliphatic rings. The topological polar surface area (TPSA) is 58.9 Å². The van der Waals surface area contributed by atoms with E-state index in [4.69, 9.17) is 4.74 Å². The van der Waals surface area contributed by atoms with Gasteiger partial charge >= 0.3 is 0 Å². The van der Waals surface area contributed by atoms with E-state index >= 15 is 0 Å². The largest absolute Gasteiger partial charge is 0.377 e. The van der Waals surface area contributed by atoms with Gasteiger partial charge in [-0.1, -0.05) is 36.4 Å². The zero-order valence-corrected chi connectivity index (χ0v) is 18.8. The van der Waals surface area contributed by atoms with E-state index in [1.165, 1.54) is 11.1 Å². The van der Waals surface area contributed by atoms with Crippen molar-refractivity contribution in [2.24, 2.45) is 5.92 Å². The molecule has 5 rings (SSSR count). The molecule has 6 heteroatoms. The summed E-state index contributed by atoms with van der Waals surface area (Å²) in [5.41, 5.74) is 5.02. The quantitative estimate of drug-likeness (QED) is 0.640. The minimum Gasteiger partial charge on any atom is -0.377 e. The minimum absolute atomic E-state index is 0.0132. The Hall–Kier alpha value is -2.96. The van der Waals surface area contributed by atoms with Crippen molar-refractivity contribution >= 4 is 11.6 Å². The number of fused-ring (bicyclic) bond motifs is 2. The van der Waals surface area contributed by atoms with Gasteiger partial charge in [0.05, 0.1) is 6.10 Å². The van der Waals surface area contributed by atoms with Gasteiger partial charge in [-0.25, -0.2) is 4.98 Å². The lowest BCUT2D eigenvalue weighted by molar-refractivity contribution is 0.0521. The Kier molecular flexibility index (Phi) is 5.35. The van der Waals surface area contributed by atoms with Crippen LogP contribution >= 0.6 is 0 Å². The van der Waals surface area contributed by atoms with Gasteiger partial charge < -0.3 is 19.4 Å². The number of amides is 1. The number of nitrogens with one attached hydrogen (secondary N) is 1. The Labute approximate surface area is 188 Å². The maximum atomic E-state index is 13.3. The van der Waals surface area contributed by atoms with Gasteiger partial charge in [-0.3, -0.25) is 4.79 Å². The van der Waals surface area contributed by atoms with Crippen LogP contribution in [0, 0.1) is 5.92 Å². The van der Waals surface area contributed by atoms with Crippen molar-refractivity contribution < 1.29 is 9.53 Å². The third kappa shape index (κ3) is 3.53. The zero-order valence-electron chi connectivity index (χ0n) is 18.8. The van der Waals surface area contributed by atoms with E-state index in [0.717, 1.165) is 30.6 Å². The van der Waals surface area contributed by atoms with Crippen molar-refractivity contribution in [3.63, 3.8) is 0 Å². The third-order valence-corrected chi connectivity index (χ3v) is 7.30. The maximum absolute atomic E-state index is 13.3. The average molecular weight is 431 g/mol. The Bertz CT molecular complexity index is 1170. The van der Waals surface area contributed by atoms with E-state index < -0.39 is 0 Å². The minimum atomic E-state index is -0.0447. The van der Waals surface area contributed by atoms with Crippen LogP contribution in [0.2, 0.25) is 0 Å². The standard InChI is InChI=1S/C26H30N4O2/c1-4-22-16-29(12-11-26(22)13-19-7-5-6-8-20(19)14-27-26)25(31)23-17-30-15-21(18(2)32-3)9-10-24(30)28-23/h4-10,15,17-18,22,27H,1,11-14,16H2,2-3H3/t18?,22-,26+/m1/s1. The predicted octanol–water partition coefficient (Wildman–Crippen LogP) is 3.77. The van der Waals surface area contributed by atoms with Crippen molar-refractivity contribution in [1.82, 2.24) is 19.6 Å². The van der Waals surface area contributed by atoms with E-state index in [0.29, 0.717) is 18.8 Å². The van der Waals surface area contributed by atoms with Crippen molar-refractivity contribution in [2.45, 2.75) is 38.0 Å². The number of piperidine rings is 1. The first-order valence-electron chi connectivity index (χ1n) is 11.3. The molecule has 1 aromatic carbocycles. The molecule has 3 atom stereocenters. The molecule has 6 nitrogen and oxygen atoms in total. The van der Waals surface area contributed by atoms with Crippen LogP contribution in [0.5, 0.6) is 0 Å². The molecule has 3 aromatic rings. The summed E-state index contributed by atoms with van der Waals surface area (Å²) in [5.74, 6) is 0.160. The number of carbonyl (C=O) groups excluding carboxylic acids is 1. The molecule has 1 unspecified atom stereocenters. The second kappa shape index (κ2) is 8.19. The Morgan fingerprint density at radius 2 is 2.09 bits per heavy atom. The van der Waals surface area contributed by atoms with Crippen LogP contribution in [0.3, 0.4) is 0 Å². The van der Waals surface area contributed by atoms with Gasteiger partial charge in [0, 0.05) is 50.6 Å². The third-order valence-electron chi connectivity index (χ3n) is 7.30. The number of carbonyl (C=O) groups is 1. The number of nitrogens with zero attached hydrogens (tertiary/aromatic N) is 3. The first-order valence-corrected chi connectivity index (χ1v) is 11.3. The van der Waals surface area contributed by atoms with Crippen LogP contribution in [0.15, 0.2) is 61.4 Å². The second-order valence-electron chi connectivity index (χ2n) is 9.03. The second-order valence-corrected chi connectivity index (χ2v) is 9.03. The van der Waals surface area contributed by atoms with Crippen molar-refractivity contribution in [1.29, 1.82) is 0 Å². The number of aromatic nitrogens is 2. The van der Waals surface area contributed by atoms with Gasteiger partial charge in [-0.15, -0.1) is 6.58 Å². The van der Waals surface area contributed by atoms with Crippen LogP contribution in [-0.4, -0.2) is 45.9 Å². The van der Waals surface area contributed by atoms with Gasteiger partial charge in [-0.2, -0.15) is 0 Å². The summed E-state index contributed by atoms with van der Waals surface area (Å²) in [5, 5.41) is 3.79. The zero-order chi connectivity index (χ0) is 22.3. The van der Waals surface area contributed by atoms with E-state index in [-0.39, 0.29) is 23.5 Å². The monoisotopic (exact) mass is 430 g/mol. The normalized spacial score (nSPS) is 23.8. The predicted molar refractivity (Wildman–Crippen MR) is 125 cm³/mol. The molecule has 2 aromatic heterocycles. The molecule has 0 aliphatic carbocycles. The molecule has 1 saturated heterocycles. The highest BCUT2D eigenvalue weighted by Gasteiger charge is 2.44. The van der Waals surface area contributed by atoms with Crippen molar-refractivity contribution in [2.75, 3.05) is 20.2 Å². The number of rotatable bonds is 4. The number of ether oxygens (including phenoxy) is 1. The van der Waals surface area contributed by atoms with E-state index in [1.807, 2.05) is 46.8 Å². The molecule has 4 heterocycles. The molecular formula is C26H30N4O2. The number of hydrogen-bond acceptors (Lipinski definition) is 4. The number of likely N-dealkylation sites (tertiary alicyclic amines) is 1. The van der Waals surface area contributed by atoms with Crippen LogP contribution in [-0.2, 0) is 17.7 Å². The molecule has 1 spiro atoms. The van der Waals surface area contributed by atoms with Gasteiger partial charge in [-0.05, 0) is 42.5 Å². The summed E-state index contributed by atoms with van der Waals surface area (Å²) in [4.78, 5) is 19.9. The number of hydrogen-bond donors (Lipinski definition) is 1. The highest BCUT2D eigenvalue weighted by molar-refractivity contribution is 5.93. The molecular weight excluding hydrogens is 400 g/mol. The number of pyridine rings is 1. The number of imidazole rings is 1. The van der Waals surface area contributed by atoms with Gasteiger partial charge in [0.1, 0.15) is 11.3 Å². The summed E-state index contributed by atoms with van der Waals surface area (Å²) in [6, 6.07) is 12.6. The molecule has 0 saturated carbocycles. The highest BCUT2D eigenvalue weighted by Crippen LogP contribution is 2.36. The van der Waals surface area contributed by atoms with E-state index in [1.54, 1.807) is 7.11 Å². The summed E-state index contributed by atoms with van der Waals surface area (Å²) in [6.07, 6.45) is 7.67. The van der Waals surface area contributed by atoms with Crippen LogP contribution in [0.25, 0.3) is 5.65 Å². The average Bonchev–Trinajstić information content (AvgIpc) is 3.26. The lowest BCUT2D eigenvalue weighted by Crippen LogP contribution is -2.62. The summed E-state index contributed by atoms with van der Waals surface area (Å²) >= 11 is 0. The van der Waals surface area contributed by atoms with Crippen molar-refractivity contribution in [3.8, 4) is 0 Å². The Balaban J connectivity index is 1.35. The highest BCUT2D eigenvalue weighted by atomic mass is 16.5. The Morgan fingerprint density at radius 1 is 1.28 bits per heavy atom. The fourth-order valence-corrected chi connectivity index (χ4v) is 5.17. The lowest BCUT2D eigenvalue weighted by atomic mass is 9.71. The van der Waals surface area contributed by atoms with Crippen LogP contribution in [0.4, 0.5) is 0 Å². The van der Waals surface area contributed by atoms with Crippen LogP contribution < -0.4 is 5.32 Å². The SMILES string of the molecule is C=C[C@@H]1CN(C(=O)c2cn3cc(C(C)OC)ccc3n2)CC[C@]12Cc1ccccc1CN2. The fraction of sp³-hybridized carbons (Fsp3) is 0.385. The number of benzene rings is 1. The smallest absolute Gasteiger partial charge is 0.274 e. The molecule has 32 heavy (non-hydrogen) atoms. The van der Waals surface area contributed by atoms with Gasteiger partial charge in [0.15, 0.2) is 0 Å². The summed E-state index contributed by atoms with van der Waals surface area (Å²) in [6.45, 7) is 8.34. The van der Waals surface area contributed by atoms with Gasteiger partial charge in [0.2, 0.25) is 0 Å². The summed E-state index contributed by atoms with van der Waals surface area (Å²) in [7, 11) is 1.69. The van der Waals surface area contributed by atoms with Crippen molar-refractivity contribution in [3.05, 3.63) is 83.8 Å². The van der Waals surface area contributed by atoms with Crippen LogP contribution in [0.1, 0.15) is 46.6 Å². The molecule has 1 amide bonds. The molecule has 0 bridgehead atoms. The first kappa shape index (κ1) is 20.9. The molecule has 0 radical (unpaired) electrons. The van der Waals surface area contributed by atoms with Gasteiger partial charge in [0.25, 0.3) is 5.91 Å². The summed E-state index contributed by atoms with van der Waals surface area (Å²) < 4.78 is 7.32. The maximum Gasteiger partial charge on any atom is 0.274 e. The van der Waals surface area contributed by atoms with E-state index in [2.05, 4.69) is 41.1 Å². The number of methoxy groups -OCH3 is 1. The lowest BCUT2D eigenvalue weighted by Gasteiger charge is -2.50.